The maximum atomic E-state index is 2.57. The van der Waals surface area contributed by atoms with Gasteiger partial charge >= 0.3 is 0 Å². The van der Waals surface area contributed by atoms with Crippen LogP contribution in [0.25, 0.3) is 0 Å². The van der Waals surface area contributed by atoms with E-state index in [1.807, 2.05) is 0 Å². The number of hydrogen-bond donors (Lipinski definition) is 0. The lowest BCUT2D eigenvalue weighted by Gasteiger charge is -2.42. The molecule has 0 N–H and O–H groups in total. The molecule has 1 aliphatic rings. The molecule has 0 saturated carbocycles. The third-order valence-electron chi connectivity index (χ3n) is 3.61. The Hall–Kier alpha value is 0.350. The van der Waals surface area contributed by atoms with Crippen LogP contribution >= 0.6 is 10.0 Å². The van der Waals surface area contributed by atoms with E-state index in [1.54, 1.807) is 5.75 Å². The fourth-order valence-electron chi connectivity index (χ4n) is 2.13. The smallest absolute Gasteiger partial charge is 0.0140 e. The van der Waals surface area contributed by atoms with E-state index in [0.29, 0.717) is 0 Å². The van der Waals surface area contributed by atoms with Crippen LogP contribution in [-0.2, 0) is 0 Å². The summed E-state index contributed by atoms with van der Waals surface area (Å²) in [5.74, 6) is 1.54. The normalized spacial score (nSPS) is 46.7. The van der Waals surface area contributed by atoms with Crippen LogP contribution in [0.3, 0.4) is 0 Å². The number of hydrogen-bond acceptors (Lipinski definition) is 0. The lowest BCUT2D eigenvalue weighted by Crippen LogP contribution is -2.20. The molecule has 11 heavy (non-hydrogen) atoms. The maximum absolute atomic E-state index is 2.57. The van der Waals surface area contributed by atoms with Gasteiger partial charge in [0, 0.05) is 0 Å². The summed E-state index contributed by atoms with van der Waals surface area (Å²) in [6, 6.07) is 0. The van der Waals surface area contributed by atoms with Crippen molar-refractivity contribution in [2.24, 2.45) is 0 Å². The highest BCUT2D eigenvalue weighted by Crippen LogP contribution is 2.60. The molecule has 0 nitrogen and oxygen atoms in total. The molecule has 1 aliphatic heterocycles. The molecular formula is C10H22S. The van der Waals surface area contributed by atoms with Gasteiger partial charge in [-0.3, -0.25) is 0 Å². The van der Waals surface area contributed by atoms with Crippen molar-refractivity contribution in [3.8, 4) is 0 Å². The molecule has 1 rings (SSSR count). The highest BCUT2D eigenvalue weighted by atomic mass is 32.3. The summed E-state index contributed by atoms with van der Waals surface area (Å²) in [4.78, 5) is 0. The SMILES string of the molecule is CCC(C)S1(C)CCCC1C. The van der Waals surface area contributed by atoms with Crippen molar-refractivity contribution in [3.63, 3.8) is 0 Å². The minimum absolute atomic E-state index is 0.211. The first-order valence-electron chi connectivity index (χ1n) is 4.85. The molecule has 0 aromatic carbocycles. The van der Waals surface area contributed by atoms with Gasteiger partial charge in [-0.25, -0.2) is 10.0 Å². The van der Waals surface area contributed by atoms with Crippen LogP contribution in [0, 0.1) is 0 Å². The summed E-state index contributed by atoms with van der Waals surface area (Å²) < 4.78 is 0. The van der Waals surface area contributed by atoms with Gasteiger partial charge in [-0.05, 0) is 41.8 Å². The van der Waals surface area contributed by atoms with Gasteiger partial charge in [0.15, 0.2) is 0 Å². The summed E-state index contributed by atoms with van der Waals surface area (Å²) >= 11 is 0. The summed E-state index contributed by atoms with van der Waals surface area (Å²) in [7, 11) is -0.211. The Morgan fingerprint density at radius 2 is 2.18 bits per heavy atom. The molecule has 0 bridgehead atoms. The first-order valence-corrected chi connectivity index (χ1v) is 7.18. The lowest BCUT2D eigenvalue weighted by molar-refractivity contribution is 0.828. The van der Waals surface area contributed by atoms with Crippen LogP contribution in [0.4, 0.5) is 0 Å². The van der Waals surface area contributed by atoms with E-state index in [4.69, 9.17) is 0 Å². The zero-order valence-corrected chi connectivity index (χ0v) is 9.21. The average molecular weight is 174 g/mol. The monoisotopic (exact) mass is 174 g/mol. The van der Waals surface area contributed by atoms with Crippen LogP contribution in [0.1, 0.15) is 40.0 Å². The fraction of sp³-hybridized carbons (Fsp3) is 1.00. The van der Waals surface area contributed by atoms with E-state index >= 15 is 0 Å². The Morgan fingerprint density at radius 1 is 1.55 bits per heavy atom. The molecule has 0 aromatic rings. The van der Waals surface area contributed by atoms with Crippen molar-refractivity contribution in [1.29, 1.82) is 0 Å². The van der Waals surface area contributed by atoms with E-state index in [9.17, 15) is 0 Å². The highest BCUT2D eigenvalue weighted by Gasteiger charge is 2.34. The molecule has 0 radical (unpaired) electrons. The summed E-state index contributed by atoms with van der Waals surface area (Å²) in [6.07, 6.45) is 6.95. The molecule has 0 spiro atoms. The van der Waals surface area contributed by atoms with Crippen LogP contribution in [0.15, 0.2) is 0 Å². The van der Waals surface area contributed by atoms with Gasteiger partial charge in [0.05, 0.1) is 0 Å². The Balaban J connectivity index is 2.64. The minimum atomic E-state index is -0.211. The molecule has 0 aliphatic carbocycles. The van der Waals surface area contributed by atoms with E-state index in [0.717, 1.165) is 10.5 Å². The van der Waals surface area contributed by atoms with E-state index < -0.39 is 0 Å². The molecule has 3 atom stereocenters. The van der Waals surface area contributed by atoms with Gasteiger partial charge in [-0.15, -0.1) is 0 Å². The fourth-order valence-corrected chi connectivity index (χ4v) is 5.98. The molecule has 1 heterocycles. The lowest BCUT2D eigenvalue weighted by atomic mass is 10.3. The Bertz CT molecular complexity index is 133. The molecule has 3 unspecified atom stereocenters. The molecule has 1 fully saturated rings. The quantitative estimate of drug-likeness (QED) is 0.602. The molecule has 0 aromatic heterocycles. The third-order valence-corrected chi connectivity index (χ3v) is 9.02. The van der Waals surface area contributed by atoms with Gasteiger partial charge in [-0.2, -0.15) is 0 Å². The second-order valence-electron chi connectivity index (χ2n) is 4.11. The Labute approximate surface area is 73.1 Å². The van der Waals surface area contributed by atoms with Crippen LogP contribution in [-0.4, -0.2) is 22.5 Å². The van der Waals surface area contributed by atoms with Crippen molar-refractivity contribution in [3.05, 3.63) is 0 Å². The van der Waals surface area contributed by atoms with Crippen molar-refractivity contribution >= 4 is 10.0 Å². The van der Waals surface area contributed by atoms with Gasteiger partial charge in [0.25, 0.3) is 0 Å². The van der Waals surface area contributed by atoms with Crippen molar-refractivity contribution < 1.29 is 0 Å². The first-order chi connectivity index (χ1) is 5.11. The average Bonchev–Trinajstić information content (AvgIpc) is 2.32. The second-order valence-corrected chi connectivity index (χ2v) is 8.58. The molecule has 1 saturated heterocycles. The molecule has 1 heteroatoms. The third kappa shape index (κ3) is 1.58. The van der Waals surface area contributed by atoms with Gasteiger partial charge < -0.3 is 0 Å². The van der Waals surface area contributed by atoms with E-state index in [1.165, 1.54) is 19.3 Å². The zero-order chi connectivity index (χ0) is 8.48. The summed E-state index contributed by atoms with van der Waals surface area (Å²) in [5, 5.41) is 2.04. The van der Waals surface area contributed by atoms with Gasteiger partial charge in [-0.1, -0.05) is 20.8 Å². The van der Waals surface area contributed by atoms with Crippen molar-refractivity contribution in [2.75, 3.05) is 12.0 Å². The van der Waals surface area contributed by atoms with Gasteiger partial charge in [0.1, 0.15) is 0 Å². The number of rotatable bonds is 2. The summed E-state index contributed by atoms with van der Waals surface area (Å²) in [6.45, 7) is 7.26. The van der Waals surface area contributed by atoms with E-state index in [-0.39, 0.29) is 10.0 Å². The largest absolute Gasteiger partial charge is 0.239 e. The maximum Gasteiger partial charge on any atom is -0.0140 e. The predicted octanol–water partition coefficient (Wildman–Crippen LogP) is 3.40. The molecule has 68 valence electrons. The van der Waals surface area contributed by atoms with Crippen LogP contribution in [0.5, 0.6) is 0 Å². The van der Waals surface area contributed by atoms with E-state index in [2.05, 4.69) is 27.0 Å². The zero-order valence-electron chi connectivity index (χ0n) is 8.39. The minimum Gasteiger partial charge on any atom is -0.239 e. The molecular weight excluding hydrogens is 152 g/mol. The van der Waals surface area contributed by atoms with Crippen molar-refractivity contribution in [1.82, 2.24) is 0 Å². The summed E-state index contributed by atoms with van der Waals surface area (Å²) in [5.41, 5.74) is 0. The topological polar surface area (TPSA) is 0 Å². The van der Waals surface area contributed by atoms with Crippen LogP contribution in [0.2, 0.25) is 0 Å². The Kier molecular flexibility index (Phi) is 2.90. The predicted molar refractivity (Wildman–Crippen MR) is 56.8 cm³/mol. The van der Waals surface area contributed by atoms with Crippen molar-refractivity contribution in [2.45, 2.75) is 50.5 Å². The first kappa shape index (κ1) is 9.44. The highest BCUT2D eigenvalue weighted by molar-refractivity contribution is 8.34. The Morgan fingerprint density at radius 3 is 2.55 bits per heavy atom. The van der Waals surface area contributed by atoms with Gasteiger partial charge in [0.2, 0.25) is 0 Å². The standard InChI is InChI=1S/C10H22S/c1-5-9(2)11(4)8-6-7-10(11)3/h9-10H,5-8H2,1-4H3. The second kappa shape index (κ2) is 3.38. The van der Waals surface area contributed by atoms with Crippen LogP contribution < -0.4 is 0 Å². The molecule has 0 amide bonds.